The minimum Gasteiger partial charge on any atom is -0.481 e. The first kappa shape index (κ1) is 23.7. The molecule has 2 unspecified atom stereocenters. The normalized spacial score (nSPS) is 21.2. The van der Waals surface area contributed by atoms with Crippen molar-refractivity contribution < 1.29 is 37.5 Å². The summed E-state index contributed by atoms with van der Waals surface area (Å²) < 4.78 is 38.0. The second kappa shape index (κ2) is 9.03. The average Bonchev–Trinajstić information content (AvgIpc) is 3.15. The molecule has 1 aromatic carbocycles. The third-order valence-electron chi connectivity index (χ3n) is 6.50. The number of benzene rings is 1. The molecule has 0 spiro atoms. The van der Waals surface area contributed by atoms with Gasteiger partial charge in [0, 0.05) is 24.3 Å². The number of nitrogens with one attached hydrogen (secondary N) is 1. The van der Waals surface area contributed by atoms with Crippen molar-refractivity contribution in [2.45, 2.75) is 51.2 Å². The summed E-state index contributed by atoms with van der Waals surface area (Å²) >= 11 is 0. The van der Waals surface area contributed by atoms with E-state index >= 15 is 0 Å². The molecule has 34 heavy (non-hydrogen) atoms. The van der Waals surface area contributed by atoms with Crippen LogP contribution < -0.4 is 5.32 Å². The molecule has 4 rings (SSSR count). The van der Waals surface area contributed by atoms with Gasteiger partial charge in [-0.1, -0.05) is 18.0 Å². The Balaban J connectivity index is 1.40. The molecule has 2 aromatic rings. The molecule has 0 aliphatic heterocycles. The number of aryl methyl sites for hydroxylation is 1. The number of hydrogen-bond acceptors (Lipinski definition) is 6. The average molecular weight is 477 g/mol. The quantitative estimate of drug-likeness (QED) is 0.617. The van der Waals surface area contributed by atoms with Crippen LogP contribution in [0.4, 0.5) is 19.3 Å². The van der Waals surface area contributed by atoms with Gasteiger partial charge in [0.2, 0.25) is 5.91 Å². The zero-order chi connectivity index (χ0) is 24.6. The molecule has 2 aliphatic rings. The number of hydrogen-bond donors (Lipinski definition) is 2. The van der Waals surface area contributed by atoms with Gasteiger partial charge in [0.1, 0.15) is 18.4 Å². The highest BCUT2D eigenvalue weighted by molar-refractivity contribution is 6.00. The van der Waals surface area contributed by atoms with Crippen LogP contribution in [0.2, 0.25) is 0 Å². The lowest BCUT2D eigenvalue weighted by Crippen LogP contribution is -2.35. The van der Waals surface area contributed by atoms with Crippen molar-refractivity contribution in [3.63, 3.8) is 0 Å². The number of alkyl halides is 2. The molecule has 2 saturated carbocycles. The first-order valence-corrected chi connectivity index (χ1v) is 11.0. The van der Waals surface area contributed by atoms with Gasteiger partial charge in [0.05, 0.1) is 11.3 Å². The van der Waals surface area contributed by atoms with Crippen LogP contribution in [0, 0.1) is 18.8 Å². The van der Waals surface area contributed by atoms with E-state index in [9.17, 15) is 23.2 Å². The van der Waals surface area contributed by atoms with Crippen molar-refractivity contribution in [3.05, 3.63) is 35.5 Å². The van der Waals surface area contributed by atoms with Gasteiger partial charge in [-0.15, -0.1) is 0 Å². The fourth-order valence-electron chi connectivity index (χ4n) is 4.35. The lowest BCUT2D eigenvalue weighted by molar-refractivity contribution is -0.141. The summed E-state index contributed by atoms with van der Waals surface area (Å²) in [5, 5.41) is 15.1. The van der Waals surface area contributed by atoms with Crippen LogP contribution in [-0.4, -0.2) is 52.1 Å². The lowest BCUT2D eigenvalue weighted by Gasteiger charge is -2.23. The Kier molecular flexibility index (Phi) is 6.28. The van der Waals surface area contributed by atoms with Gasteiger partial charge < -0.3 is 24.6 Å². The second-order valence-electron chi connectivity index (χ2n) is 8.71. The standard InChI is InChI=1S/C23H25F2N3O6/c1-12-16(11-33-22(32)28(2)15-5-3-4-6-15)19(34-27-12)13-7-9-14(10-8-13)26-20(29)17-18(21(30)31)23(17,24)25/h7-10,15,17-18H,3-6,11H2,1-2H3,(H,26,29)(H,30,31). The molecule has 0 radical (unpaired) electrons. The Morgan fingerprint density at radius 2 is 1.85 bits per heavy atom. The highest BCUT2D eigenvalue weighted by Crippen LogP contribution is 2.55. The number of halogens is 2. The molecule has 182 valence electrons. The van der Waals surface area contributed by atoms with E-state index in [0.29, 0.717) is 22.6 Å². The Bertz CT molecular complexity index is 1090. The first-order chi connectivity index (χ1) is 16.1. The van der Waals surface area contributed by atoms with Crippen molar-refractivity contribution >= 4 is 23.7 Å². The van der Waals surface area contributed by atoms with E-state index in [1.165, 1.54) is 12.1 Å². The largest absolute Gasteiger partial charge is 0.481 e. The van der Waals surface area contributed by atoms with Crippen molar-refractivity contribution in [2.24, 2.45) is 11.8 Å². The van der Waals surface area contributed by atoms with Gasteiger partial charge in [-0.2, -0.15) is 0 Å². The third-order valence-corrected chi connectivity index (χ3v) is 6.50. The number of carboxylic acid groups (broad SMARTS) is 1. The van der Waals surface area contributed by atoms with Gasteiger partial charge in [0.15, 0.2) is 5.76 Å². The number of rotatable bonds is 7. The number of amides is 2. The number of carbonyl (C=O) groups is 3. The molecule has 11 heteroatoms. The van der Waals surface area contributed by atoms with Crippen LogP contribution in [0.3, 0.4) is 0 Å². The fraction of sp³-hybridized carbons (Fsp3) is 0.478. The fourth-order valence-corrected chi connectivity index (χ4v) is 4.35. The van der Waals surface area contributed by atoms with Gasteiger partial charge in [0.25, 0.3) is 5.92 Å². The number of carbonyl (C=O) groups excluding carboxylic acids is 2. The molecule has 1 aromatic heterocycles. The second-order valence-corrected chi connectivity index (χ2v) is 8.71. The zero-order valence-electron chi connectivity index (χ0n) is 18.7. The van der Waals surface area contributed by atoms with Gasteiger partial charge in [-0.25, -0.2) is 13.6 Å². The predicted octanol–water partition coefficient (Wildman–Crippen LogP) is 4.07. The summed E-state index contributed by atoms with van der Waals surface area (Å²) in [6, 6.07) is 6.31. The molecule has 0 saturated heterocycles. The smallest absolute Gasteiger partial charge is 0.410 e. The monoisotopic (exact) mass is 477 g/mol. The van der Waals surface area contributed by atoms with Crippen molar-refractivity contribution in [1.82, 2.24) is 10.1 Å². The van der Waals surface area contributed by atoms with Crippen LogP contribution in [0.1, 0.15) is 36.9 Å². The van der Waals surface area contributed by atoms with E-state index in [2.05, 4.69) is 10.5 Å². The molecule has 1 heterocycles. The summed E-state index contributed by atoms with van der Waals surface area (Å²) in [5.41, 5.74) is 1.95. The number of aromatic nitrogens is 1. The minimum absolute atomic E-state index is 0.0353. The number of carboxylic acids is 1. The van der Waals surface area contributed by atoms with Crippen LogP contribution in [0.15, 0.2) is 28.8 Å². The number of nitrogens with zero attached hydrogens (tertiary/aromatic N) is 2. The lowest BCUT2D eigenvalue weighted by atomic mass is 10.1. The van der Waals surface area contributed by atoms with Crippen molar-refractivity contribution in [3.8, 4) is 11.3 Å². The highest BCUT2D eigenvalue weighted by Gasteiger charge is 2.75. The van der Waals surface area contributed by atoms with Crippen LogP contribution in [0.25, 0.3) is 11.3 Å². The third kappa shape index (κ3) is 4.46. The molecule has 2 N–H and O–H groups in total. The Labute approximate surface area is 194 Å². The molecule has 2 atom stereocenters. The van der Waals surface area contributed by atoms with Gasteiger partial charge in [-0.3, -0.25) is 9.59 Å². The molecular formula is C23H25F2N3O6. The summed E-state index contributed by atoms with van der Waals surface area (Å²) in [6.45, 7) is 1.69. The Hall–Kier alpha value is -3.50. The van der Waals surface area contributed by atoms with E-state index in [0.717, 1.165) is 25.7 Å². The van der Waals surface area contributed by atoms with Crippen LogP contribution in [-0.2, 0) is 20.9 Å². The molecule has 0 bridgehead atoms. The van der Waals surface area contributed by atoms with Gasteiger partial charge in [-0.05, 0) is 44.0 Å². The topological polar surface area (TPSA) is 122 Å². The number of ether oxygens (including phenoxy) is 1. The van der Waals surface area contributed by atoms with E-state index in [4.69, 9.17) is 14.4 Å². The van der Waals surface area contributed by atoms with Crippen molar-refractivity contribution in [1.29, 1.82) is 0 Å². The van der Waals surface area contributed by atoms with Crippen molar-refractivity contribution in [2.75, 3.05) is 12.4 Å². The van der Waals surface area contributed by atoms with Gasteiger partial charge >= 0.3 is 12.1 Å². The minimum atomic E-state index is -3.56. The maximum Gasteiger partial charge on any atom is 0.410 e. The first-order valence-electron chi connectivity index (χ1n) is 11.0. The highest BCUT2D eigenvalue weighted by atomic mass is 19.3. The summed E-state index contributed by atoms with van der Waals surface area (Å²) in [6.07, 6.45) is 3.68. The zero-order valence-corrected chi connectivity index (χ0v) is 18.7. The SMILES string of the molecule is Cc1noc(-c2ccc(NC(=O)C3C(C(=O)O)C3(F)F)cc2)c1COC(=O)N(C)C1CCCC1. The Morgan fingerprint density at radius 1 is 1.21 bits per heavy atom. The summed E-state index contributed by atoms with van der Waals surface area (Å²) in [5.74, 6) is -9.85. The maximum absolute atomic E-state index is 13.6. The molecule has 9 nitrogen and oxygen atoms in total. The van der Waals surface area contributed by atoms with Crippen LogP contribution >= 0.6 is 0 Å². The van der Waals surface area contributed by atoms with E-state index < -0.39 is 35.7 Å². The molecular weight excluding hydrogens is 452 g/mol. The van der Waals surface area contributed by atoms with E-state index in [-0.39, 0.29) is 18.3 Å². The van der Waals surface area contributed by atoms with Crippen LogP contribution in [0.5, 0.6) is 0 Å². The molecule has 2 fully saturated rings. The van der Waals surface area contributed by atoms with E-state index in [1.54, 1.807) is 31.0 Å². The number of aliphatic carboxylic acids is 1. The summed E-state index contributed by atoms with van der Waals surface area (Å²) in [4.78, 5) is 37.0. The maximum atomic E-state index is 13.6. The number of anilines is 1. The molecule has 2 amide bonds. The Morgan fingerprint density at radius 3 is 2.44 bits per heavy atom. The van der Waals surface area contributed by atoms with E-state index in [1.807, 2.05) is 0 Å². The molecule has 2 aliphatic carbocycles. The summed E-state index contributed by atoms with van der Waals surface area (Å²) in [7, 11) is 1.73. The predicted molar refractivity (Wildman–Crippen MR) is 115 cm³/mol.